The highest BCUT2D eigenvalue weighted by Gasteiger charge is 2.38. The molecule has 2 aliphatic rings. The van der Waals surface area contributed by atoms with Gasteiger partial charge in [0, 0.05) is 24.9 Å². The number of rotatable bonds is 4. The molecular formula is C13H22F3NOS. The first-order chi connectivity index (χ1) is 8.99. The largest absolute Gasteiger partial charge is 0.441 e. The van der Waals surface area contributed by atoms with Crippen molar-refractivity contribution in [2.75, 3.05) is 18.9 Å². The minimum Gasteiger partial charge on any atom is -0.375 e. The van der Waals surface area contributed by atoms with Crippen LogP contribution in [0.1, 0.15) is 44.9 Å². The van der Waals surface area contributed by atoms with Crippen molar-refractivity contribution in [1.29, 1.82) is 0 Å². The molecule has 6 heteroatoms. The Hall–Kier alpha value is 0.0600. The molecule has 2 nitrogen and oxygen atoms in total. The summed E-state index contributed by atoms with van der Waals surface area (Å²) in [5.74, 6) is 0.0911. The first-order valence-corrected chi connectivity index (χ1v) is 8.06. The van der Waals surface area contributed by atoms with E-state index >= 15 is 0 Å². The van der Waals surface area contributed by atoms with Crippen LogP contribution in [0.2, 0.25) is 0 Å². The molecule has 1 saturated carbocycles. The molecule has 1 N–H and O–H groups in total. The number of alkyl halides is 3. The normalized spacial score (nSPS) is 27.6. The van der Waals surface area contributed by atoms with Crippen molar-refractivity contribution < 1.29 is 17.9 Å². The highest BCUT2D eigenvalue weighted by atomic mass is 32.2. The molecule has 1 heterocycles. The SMILES string of the molecule is FC(F)(F)SCCNC1CCOC2(CCCCC2)C1. The molecule has 112 valence electrons. The van der Waals surface area contributed by atoms with E-state index < -0.39 is 5.51 Å². The Morgan fingerprint density at radius 2 is 1.95 bits per heavy atom. The van der Waals surface area contributed by atoms with Crippen molar-refractivity contribution >= 4 is 11.8 Å². The Morgan fingerprint density at radius 1 is 1.21 bits per heavy atom. The first-order valence-electron chi connectivity index (χ1n) is 7.07. The zero-order valence-electron chi connectivity index (χ0n) is 11.1. The molecule has 0 aromatic heterocycles. The van der Waals surface area contributed by atoms with Gasteiger partial charge in [-0.1, -0.05) is 19.3 Å². The summed E-state index contributed by atoms with van der Waals surface area (Å²) in [5, 5.41) is 3.26. The Morgan fingerprint density at radius 3 is 2.63 bits per heavy atom. The minimum absolute atomic E-state index is 0.0192. The molecule has 0 bridgehead atoms. The van der Waals surface area contributed by atoms with Crippen molar-refractivity contribution in [2.45, 2.75) is 62.1 Å². The van der Waals surface area contributed by atoms with Gasteiger partial charge in [0.15, 0.2) is 0 Å². The molecule has 1 spiro atoms. The summed E-state index contributed by atoms with van der Waals surface area (Å²) in [6.07, 6.45) is 7.83. The zero-order valence-corrected chi connectivity index (χ0v) is 11.9. The number of hydrogen-bond donors (Lipinski definition) is 1. The third kappa shape index (κ3) is 5.16. The van der Waals surface area contributed by atoms with Crippen LogP contribution in [-0.2, 0) is 4.74 Å². The monoisotopic (exact) mass is 297 g/mol. The molecule has 0 amide bonds. The van der Waals surface area contributed by atoms with Gasteiger partial charge in [0.25, 0.3) is 0 Å². The van der Waals surface area contributed by atoms with Crippen LogP contribution in [0, 0.1) is 0 Å². The second kappa shape index (κ2) is 6.68. The summed E-state index contributed by atoms with van der Waals surface area (Å²) >= 11 is 0.0555. The van der Waals surface area contributed by atoms with Gasteiger partial charge in [-0.2, -0.15) is 13.2 Å². The predicted octanol–water partition coefficient (Wildman–Crippen LogP) is 3.71. The van der Waals surface area contributed by atoms with Crippen LogP contribution in [0.3, 0.4) is 0 Å². The lowest BCUT2D eigenvalue weighted by molar-refractivity contribution is -0.108. The molecule has 19 heavy (non-hydrogen) atoms. The maximum atomic E-state index is 12.0. The second-order valence-corrected chi connectivity index (χ2v) is 6.69. The average Bonchev–Trinajstić information content (AvgIpc) is 2.35. The molecular weight excluding hydrogens is 275 g/mol. The third-order valence-electron chi connectivity index (χ3n) is 4.06. The molecule has 1 unspecified atom stereocenters. The van der Waals surface area contributed by atoms with Crippen molar-refractivity contribution in [2.24, 2.45) is 0 Å². The van der Waals surface area contributed by atoms with Crippen molar-refractivity contribution in [1.82, 2.24) is 5.32 Å². The molecule has 1 aliphatic heterocycles. The Labute approximate surface area is 116 Å². The average molecular weight is 297 g/mol. The van der Waals surface area contributed by atoms with E-state index in [1.165, 1.54) is 19.3 Å². The van der Waals surface area contributed by atoms with E-state index in [2.05, 4.69) is 5.32 Å². The summed E-state index contributed by atoms with van der Waals surface area (Å²) in [5.41, 5.74) is -4.09. The van der Waals surface area contributed by atoms with Gasteiger partial charge in [0.05, 0.1) is 5.60 Å². The van der Waals surface area contributed by atoms with Crippen LogP contribution >= 0.6 is 11.8 Å². The molecule has 2 fully saturated rings. The molecule has 0 radical (unpaired) electrons. The Kier molecular flexibility index (Phi) is 5.43. The summed E-state index contributed by atoms with van der Waals surface area (Å²) in [6.45, 7) is 1.16. The van der Waals surface area contributed by atoms with E-state index in [1.54, 1.807) is 0 Å². The maximum absolute atomic E-state index is 12.0. The number of nitrogens with one attached hydrogen (secondary N) is 1. The lowest BCUT2D eigenvalue weighted by atomic mass is 9.78. The van der Waals surface area contributed by atoms with E-state index in [-0.39, 0.29) is 23.1 Å². The van der Waals surface area contributed by atoms with Gasteiger partial charge in [0.1, 0.15) is 0 Å². The maximum Gasteiger partial charge on any atom is 0.441 e. The lowest BCUT2D eigenvalue weighted by Gasteiger charge is -2.43. The molecule has 1 saturated heterocycles. The molecule has 2 rings (SSSR count). The fourth-order valence-electron chi connectivity index (χ4n) is 3.18. The summed E-state index contributed by atoms with van der Waals surface area (Å²) in [4.78, 5) is 0. The topological polar surface area (TPSA) is 21.3 Å². The molecule has 0 aromatic carbocycles. The molecule has 0 aromatic rings. The van der Waals surface area contributed by atoms with E-state index in [0.29, 0.717) is 12.6 Å². The minimum atomic E-state index is -4.11. The van der Waals surface area contributed by atoms with Crippen LogP contribution < -0.4 is 5.32 Å². The van der Waals surface area contributed by atoms with Crippen LogP contribution in [0.25, 0.3) is 0 Å². The van der Waals surface area contributed by atoms with E-state index in [0.717, 1.165) is 32.3 Å². The van der Waals surface area contributed by atoms with Gasteiger partial charge in [-0.05, 0) is 37.4 Å². The fraction of sp³-hybridized carbons (Fsp3) is 1.00. The van der Waals surface area contributed by atoms with E-state index in [4.69, 9.17) is 4.74 Å². The van der Waals surface area contributed by atoms with Gasteiger partial charge in [-0.25, -0.2) is 0 Å². The van der Waals surface area contributed by atoms with E-state index in [9.17, 15) is 13.2 Å². The first kappa shape index (κ1) is 15.4. The van der Waals surface area contributed by atoms with Gasteiger partial charge in [-0.3, -0.25) is 0 Å². The predicted molar refractivity (Wildman–Crippen MR) is 71.3 cm³/mol. The number of thioether (sulfide) groups is 1. The fourth-order valence-corrected chi connectivity index (χ4v) is 3.63. The highest BCUT2D eigenvalue weighted by molar-refractivity contribution is 8.00. The van der Waals surface area contributed by atoms with Crippen molar-refractivity contribution in [3.63, 3.8) is 0 Å². The van der Waals surface area contributed by atoms with Gasteiger partial charge < -0.3 is 10.1 Å². The number of halogens is 3. The molecule has 1 aliphatic carbocycles. The highest BCUT2D eigenvalue weighted by Crippen LogP contribution is 2.38. The van der Waals surface area contributed by atoms with Gasteiger partial charge in [0.2, 0.25) is 0 Å². The lowest BCUT2D eigenvalue weighted by Crippen LogP contribution is -2.48. The van der Waals surface area contributed by atoms with Crippen molar-refractivity contribution in [3.05, 3.63) is 0 Å². The summed E-state index contributed by atoms with van der Waals surface area (Å²) in [6, 6.07) is 0.320. The van der Waals surface area contributed by atoms with Crippen LogP contribution in [0.4, 0.5) is 13.2 Å². The third-order valence-corrected chi connectivity index (χ3v) is 4.79. The number of ether oxygens (including phenoxy) is 1. The Bertz CT molecular complexity index is 274. The Balaban J connectivity index is 1.69. The second-order valence-electron chi connectivity index (χ2n) is 5.53. The van der Waals surface area contributed by atoms with Crippen LogP contribution in [0.15, 0.2) is 0 Å². The zero-order chi connectivity index (χ0) is 13.8. The van der Waals surface area contributed by atoms with Gasteiger partial charge in [-0.15, -0.1) is 0 Å². The van der Waals surface area contributed by atoms with E-state index in [1.807, 2.05) is 0 Å². The van der Waals surface area contributed by atoms with Gasteiger partial charge >= 0.3 is 5.51 Å². The molecule has 1 atom stereocenters. The summed E-state index contributed by atoms with van der Waals surface area (Å²) in [7, 11) is 0. The summed E-state index contributed by atoms with van der Waals surface area (Å²) < 4.78 is 42.0. The van der Waals surface area contributed by atoms with Crippen molar-refractivity contribution in [3.8, 4) is 0 Å². The van der Waals surface area contributed by atoms with Crippen LogP contribution in [0.5, 0.6) is 0 Å². The number of hydrogen-bond acceptors (Lipinski definition) is 3. The quantitative estimate of drug-likeness (QED) is 0.799. The smallest absolute Gasteiger partial charge is 0.375 e. The standard InChI is InChI=1S/C13H22F3NOS/c14-13(15,16)19-9-7-17-11-4-8-18-12(10-11)5-2-1-3-6-12/h11,17H,1-10H2. The van der Waals surface area contributed by atoms with Crippen LogP contribution in [-0.4, -0.2) is 36.1 Å².